The topological polar surface area (TPSA) is 69.7 Å². The van der Waals surface area contributed by atoms with E-state index in [-0.39, 0.29) is 28.8 Å². The minimum absolute atomic E-state index is 0.121. The fraction of sp³-hybridized carbons (Fsp3) is 0.300. The van der Waals surface area contributed by atoms with Gasteiger partial charge in [-0.05, 0) is 19.1 Å². The first-order valence-corrected chi connectivity index (χ1v) is 6.90. The highest BCUT2D eigenvalue weighted by molar-refractivity contribution is 8.13. The van der Waals surface area contributed by atoms with Crippen molar-refractivity contribution < 1.29 is 22.7 Å². The molecule has 0 unspecified atom stereocenters. The Morgan fingerprint density at radius 3 is 2.53 bits per heavy atom. The largest absolute Gasteiger partial charge is 0.495 e. The Morgan fingerprint density at radius 1 is 1.41 bits per heavy atom. The molecule has 1 aromatic rings. The summed E-state index contributed by atoms with van der Waals surface area (Å²) in [4.78, 5) is 10.5. The van der Waals surface area contributed by atoms with Crippen LogP contribution in [-0.2, 0) is 13.8 Å². The monoisotopic (exact) mass is 278 g/mol. The van der Waals surface area contributed by atoms with E-state index in [1.807, 2.05) is 0 Å². The average Bonchev–Trinajstić information content (AvgIpc) is 2.24. The number of hydrogen-bond acceptors (Lipinski definition) is 5. The zero-order valence-electron chi connectivity index (χ0n) is 9.27. The van der Waals surface area contributed by atoms with Crippen molar-refractivity contribution in [3.8, 4) is 11.5 Å². The fourth-order valence-corrected chi connectivity index (χ4v) is 2.13. The Bertz CT molecular complexity index is 523. The van der Waals surface area contributed by atoms with Gasteiger partial charge in [0.1, 0.15) is 23.0 Å². The van der Waals surface area contributed by atoms with E-state index >= 15 is 0 Å². The standard InChI is InChI=1S/C10H11ClO5S/c1-7(12)6-16-8-3-4-9(15-2)10(5-8)17(11,13)14/h3-5H,6H2,1-2H3. The number of rotatable bonds is 5. The van der Waals surface area contributed by atoms with Gasteiger partial charge in [0.2, 0.25) is 0 Å². The van der Waals surface area contributed by atoms with Gasteiger partial charge in [0, 0.05) is 16.7 Å². The van der Waals surface area contributed by atoms with E-state index in [1.54, 1.807) is 0 Å². The maximum absolute atomic E-state index is 11.3. The summed E-state index contributed by atoms with van der Waals surface area (Å²) in [5.41, 5.74) is 0. The van der Waals surface area contributed by atoms with Gasteiger partial charge in [-0.25, -0.2) is 8.42 Å². The van der Waals surface area contributed by atoms with Crippen molar-refractivity contribution in [1.82, 2.24) is 0 Å². The van der Waals surface area contributed by atoms with E-state index < -0.39 is 9.05 Å². The molecule has 0 aliphatic carbocycles. The molecule has 17 heavy (non-hydrogen) atoms. The molecule has 0 aliphatic heterocycles. The smallest absolute Gasteiger partial charge is 0.265 e. The van der Waals surface area contributed by atoms with E-state index in [1.165, 1.54) is 32.2 Å². The Balaban J connectivity index is 3.10. The zero-order chi connectivity index (χ0) is 13.1. The lowest BCUT2D eigenvalue weighted by Crippen LogP contribution is -2.07. The Labute approximate surface area is 104 Å². The molecule has 0 amide bonds. The molecule has 0 fully saturated rings. The van der Waals surface area contributed by atoms with Gasteiger partial charge in [-0.1, -0.05) is 0 Å². The van der Waals surface area contributed by atoms with Gasteiger partial charge < -0.3 is 9.47 Å². The lowest BCUT2D eigenvalue weighted by molar-refractivity contribution is -0.118. The third kappa shape index (κ3) is 3.90. The second-order valence-corrected chi connectivity index (χ2v) is 5.78. The van der Waals surface area contributed by atoms with Crippen LogP contribution in [-0.4, -0.2) is 27.9 Å². The maximum Gasteiger partial charge on any atom is 0.265 e. The van der Waals surface area contributed by atoms with Crippen molar-refractivity contribution in [3.05, 3.63) is 18.2 Å². The van der Waals surface area contributed by atoms with Crippen LogP contribution < -0.4 is 9.47 Å². The number of ketones is 1. The first-order chi connectivity index (χ1) is 7.84. The van der Waals surface area contributed by atoms with Crippen LogP contribution in [0.5, 0.6) is 11.5 Å². The van der Waals surface area contributed by atoms with Crippen LogP contribution in [0.2, 0.25) is 0 Å². The molecule has 7 heteroatoms. The summed E-state index contributed by atoms with van der Waals surface area (Å²) >= 11 is 0. The quantitative estimate of drug-likeness (QED) is 0.765. The molecule has 0 aliphatic rings. The maximum atomic E-state index is 11.3. The van der Waals surface area contributed by atoms with Crippen LogP contribution in [0, 0.1) is 0 Å². The molecule has 94 valence electrons. The van der Waals surface area contributed by atoms with Gasteiger partial charge in [0.25, 0.3) is 9.05 Å². The first-order valence-electron chi connectivity index (χ1n) is 4.59. The number of hydrogen-bond donors (Lipinski definition) is 0. The second-order valence-electron chi connectivity index (χ2n) is 3.24. The van der Waals surface area contributed by atoms with Crippen molar-refractivity contribution in [2.24, 2.45) is 0 Å². The summed E-state index contributed by atoms with van der Waals surface area (Å²) in [7, 11) is 2.65. The summed E-state index contributed by atoms with van der Waals surface area (Å²) in [5, 5.41) is 0. The molecule has 0 atom stereocenters. The van der Waals surface area contributed by atoms with Gasteiger partial charge in [0.15, 0.2) is 5.78 Å². The number of carbonyl (C=O) groups excluding carboxylic acids is 1. The molecule has 0 heterocycles. The molecule has 0 bridgehead atoms. The molecule has 0 spiro atoms. The van der Waals surface area contributed by atoms with E-state index in [9.17, 15) is 13.2 Å². The summed E-state index contributed by atoms with van der Waals surface area (Å²) in [6.45, 7) is 1.23. The summed E-state index contributed by atoms with van der Waals surface area (Å²) in [6, 6.07) is 4.11. The minimum Gasteiger partial charge on any atom is -0.495 e. The van der Waals surface area contributed by atoms with Crippen molar-refractivity contribution in [1.29, 1.82) is 0 Å². The van der Waals surface area contributed by atoms with Crippen LogP contribution >= 0.6 is 10.7 Å². The van der Waals surface area contributed by atoms with Gasteiger partial charge in [-0.15, -0.1) is 0 Å². The number of Topliss-reactive ketones (excluding diaryl/α,β-unsaturated/α-hetero) is 1. The third-order valence-electron chi connectivity index (χ3n) is 1.84. The molecular formula is C10H11ClO5S. The number of ether oxygens (including phenoxy) is 2. The van der Waals surface area contributed by atoms with Crippen LogP contribution in [0.15, 0.2) is 23.1 Å². The molecule has 0 saturated heterocycles. The van der Waals surface area contributed by atoms with Gasteiger partial charge in [-0.2, -0.15) is 0 Å². The SMILES string of the molecule is COc1ccc(OCC(C)=O)cc1S(=O)(=O)Cl. The fourth-order valence-electron chi connectivity index (χ4n) is 1.12. The van der Waals surface area contributed by atoms with Crippen molar-refractivity contribution >= 4 is 25.5 Å². The number of carbonyl (C=O) groups is 1. The Kier molecular flexibility index (Phi) is 4.36. The molecule has 1 aromatic carbocycles. The van der Waals surface area contributed by atoms with E-state index in [4.69, 9.17) is 20.2 Å². The van der Waals surface area contributed by atoms with E-state index in [0.29, 0.717) is 0 Å². The summed E-state index contributed by atoms with van der Waals surface area (Å²) in [6.07, 6.45) is 0. The van der Waals surface area contributed by atoms with Crippen molar-refractivity contribution in [2.75, 3.05) is 13.7 Å². The zero-order valence-corrected chi connectivity index (χ0v) is 10.8. The molecule has 0 aromatic heterocycles. The highest BCUT2D eigenvalue weighted by Crippen LogP contribution is 2.30. The number of methoxy groups -OCH3 is 1. The van der Waals surface area contributed by atoms with Crippen LogP contribution in [0.1, 0.15) is 6.92 Å². The molecule has 5 nitrogen and oxygen atoms in total. The molecule has 0 radical (unpaired) electrons. The van der Waals surface area contributed by atoms with Crippen LogP contribution in [0.3, 0.4) is 0 Å². The molecule has 0 saturated carbocycles. The highest BCUT2D eigenvalue weighted by Gasteiger charge is 2.17. The molecule has 1 rings (SSSR count). The van der Waals surface area contributed by atoms with Crippen molar-refractivity contribution in [3.63, 3.8) is 0 Å². The number of halogens is 1. The van der Waals surface area contributed by atoms with E-state index in [0.717, 1.165) is 0 Å². The minimum atomic E-state index is -3.92. The molecule has 0 N–H and O–H groups in total. The lowest BCUT2D eigenvalue weighted by atomic mass is 10.3. The lowest BCUT2D eigenvalue weighted by Gasteiger charge is -2.08. The normalized spacial score (nSPS) is 11.0. The summed E-state index contributed by atoms with van der Waals surface area (Å²) in [5.74, 6) is 0.187. The Morgan fingerprint density at radius 2 is 2.06 bits per heavy atom. The summed E-state index contributed by atoms with van der Waals surface area (Å²) < 4.78 is 32.5. The van der Waals surface area contributed by atoms with Crippen molar-refractivity contribution in [2.45, 2.75) is 11.8 Å². The number of benzene rings is 1. The average molecular weight is 279 g/mol. The van der Waals surface area contributed by atoms with Gasteiger partial charge in [0.05, 0.1) is 7.11 Å². The Hall–Kier alpha value is -1.27. The predicted molar refractivity (Wildman–Crippen MR) is 62.2 cm³/mol. The van der Waals surface area contributed by atoms with Gasteiger partial charge >= 0.3 is 0 Å². The molecular weight excluding hydrogens is 268 g/mol. The van der Waals surface area contributed by atoms with Gasteiger partial charge in [-0.3, -0.25) is 4.79 Å². The second kappa shape index (κ2) is 5.37. The first kappa shape index (κ1) is 13.8. The van der Waals surface area contributed by atoms with E-state index in [2.05, 4.69) is 0 Å². The van der Waals surface area contributed by atoms with Crippen LogP contribution in [0.4, 0.5) is 0 Å². The third-order valence-corrected chi connectivity index (χ3v) is 3.18. The highest BCUT2D eigenvalue weighted by atomic mass is 35.7. The van der Waals surface area contributed by atoms with Crippen LogP contribution in [0.25, 0.3) is 0 Å². The predicted octanol–water partition coefficient (Wildman–Crippen LogP) is 1.59.